The molecule has 0 aliphatic rings. The summed E-state index contributed by atoms with van der Waals surface area (Å²) in [5.41, 5.74) is 12.3. The summed E-state index contributed by atoms with van der Waals surface area (Å²) in [6.07, 6.45) is 0.872. The Morgan fingerprint density at radius 3 is 1.48 bits per heavy atom. The van der Waals surface area contributed by atoms with E-state index in [0.717, 1.165) is 27.2 Å². The highest BCUT2D eigenvalue weighted by molar-refractivity contribution is 5.63. The van der Waals surface area contributed by atoms with Gasteiger partial charge in [-0.1, -0.05) is 30.3 Å². The lowest BCUT2D eigenvalue weighted by atomic mass is 10.1. The van der Waals surface area contributed by atoms with E-state index in [-0.39, 0.29) is 6.04 Å². The molecule has 1 atom stereocenters. The van der Waals surface area contributed by atoms with E-state index in [1.165, 1.54) is 5.56 Å². The summed E-state index contributed by atoms with van der Waals surface area (Å²) in [5, 5.41) is 22.2. The highest BCUT2D eigenvalue weighted by Gasteiger charge is 1.99. The van der Waals surface area contributed by atoms with E-state index >= 15 is 0 Å². The van der Waals surface area contributed by atoms with E-state index in [0.29, 0.717) is 6.54 Å². The predicted molar refractivity (Wildman–Crippen MR) is 87.1 cm³/mol. The van der Waals surface area contributed by atoms with Crippen molar-refractivity contribution in [1.82, 2.24) is 0 Å². The van der Waals surface area contributed by atoms with Crippen LogP contribution in [0.25, 0.3) is 0 Å². The van der Waals surface area contributed by atoms with Crippen LogP contribution >= 0.6 is 0 Å². The Morgan fingerprint density at radius 2 is 1.22 bits per heavy atom. The number of carboxylic acid groups (broad SMARTS) is 3. The Morgan fingerprint density at radius 1 is 0.913 bits per heavy atom. The van der Waals surface area contributed by atoms with Gasteiger partial charge in [0.05, 0.1) is 0 Å². The normalized spacial score (nSPS) is 9.43. The molecule has 1 aromatic rings. The van der Waals surface area contributed by atoms with Gasteiger partial charge in [0.1, 0.15) is 0 Å². The number of hydrogen-bond donors (Lipinski definition) is 5. The van der Waals surface area contributed by atoms with Gasteiger partial charge in [-0.05, 0) is 12.0 Å². The summed E-state index contributed by atoms with van der Waals surface area (Å²) in [5.74, 6) is -2.50. The molecule has 1 aromatic carbocycles. The SMILES string of the molecule is CC(=O)O.CC(=O)O.CC(=O)O.NCC(N)Cc1ccccc1. The fraction of sp³-hybridized carbons (Fsp3) is 0.400. The quantitative estimate of drug-likeness (QED) is 0.542. The van der Waals surface area contributed by atoms with E-state index in [2.05, 4.69) is 12.1 Å². The Kier molecular flexibility index (Phi) is 19.5. The van der Waals surface area contributed by atoms with Crippen LogP contribution in [0.15, 0.2) is 30.3 Å². The van der Waals surface area contributed by atoms with Crippen LogP contribution in [0.2, 0.25) is 0 Å². The molecule has 1 unspecified atom stereocenters. The highest BCUT2D eigenvalue weighted by atomic mass is 16.4. The van der Waals surface area contributed by atoms with Gasteiger partial charge < -0.3 is 26.8 Å². The molecule has 0 aliphatic carbocycles. The first-order valence-corrected chi connectivity index (χ1v) is 6.61. The molecule has 0 saturated carbocycles. The molecule has 23 heavy (non-hydrogen) atoms. The third-order valence-electron chi connectivity index (χ3n) is 1.64. The number of rotatable bonds is 3. The van der Waals surface area contributed by atoms with Crippen molar-refractivity contribution in [3.63, 3.8) is 0 Å². The highest BCUT2D eigenvalue weighted by Crippen LogP contribution is 2.00. The predicted octanol–water partition coefficient (Wildman–Crippen LogP) is 0.788. The molecular formula is C15H26N2O6. The van der Waals surface area contributed by atoms with Crippen LogP contribution < -0.4 is 11.5 Å². The number of hydrogen-bond acceptors (Lipinski definition) is 5. The first-order chi connectivity index (χ1) is 10.5. The van der Waals surface area contributed by atoms with Crippen molar-refractivity contribution < 1.29 is 29.7 Å². The van der Waals surface area contributed by atoms with Gasteiger partial charge in [0.2, 0.25) is 0 Å². The van der Waals surface area contributed by atoms with Crippen molar-refractivity contribution >= 4 is 17.9 Å². The molecule has 8 nitrogen and oxygen atoms in total. The largest absolute Gasteiger partial charge is 0.481 e. The maximum atomic E-state index is 9.00. The first kappa shape index (κ1) is 25.5. The Labute approximate surface area is 135 Å². The van der Waals surface area contributed by atoms with Crippen molar-refractivity contribution in [2.45, 2.75) is 33.2 Å². The van der Waals surface area contributed by atoms with Gasteiger partial charge in [-0.2, -0.15) is 0 Å². The third kappa shape index (κ3) is 45.1. The summed E-state index contributed by atoms with van der Waals surface area (Å²) in [4.78, 5) is 27.0. The monoisotopic (exact) mass is 330 g/mol. The number of carboxylic acids is 3. The zero-order valence-electron chi connectivity index (χ0n) is 13.6. The molecule has 0 spiro atoms. The lowest BCUT2D eigenvalue weighted by Crippen LogP contribution is -2.31. The van der Waals surface area contributed by atoms with Crippen LogP contribution in [0, 0.1) is 0 Å². The van der Waals surface area contributed by atoms with Gasteiger partial charge in [-0.25, -0.2) is 0 Å². The molecular weight excluding hydrogens is 304 g/mol. The minimum atomic E-state index is -0.833. The Balaban J connectivity index is -0.000000278. The summed E-state index contributed by atoms with van der Waals surface area (Å²) < 4.78 is 0. The topological polar surface area (TPSA) is 164 Å². The van der Waals surface area contributed by atoms with Gasteiger partial charge in [0.25, 0.3) is 17.9 Å². The van der Waals surface area contributed by atoms with Crippen LogP contribution in [0.3, 0.4) is 0 Å². The first-order valence-electron chi connectivity index (χ1n) is 6.61. The zero-order valence-corrected chi connectivity index (χ0v) is 13.6. The van der Waals surface area contributed by atoms with Crippen LogP contribution in [0.5, 0.6) is 0 Å². The smallest absolute Gasteiger partial charge is 0.300 e. The Bertz CT molecular complexity index is 396. The molecule has 0 heterocycles. The molecule has 8 heteroatoms. The third-order valence-corrected chi connectivity index (χ3v) is 1.64. The number of aliphatic carboxylic acids is 3. The van der Waals surface area contributed by atoms with Crippen LogP contribution in [0.1, 0.15) is 26.3 Å². The van der Waals surface area contributed by atoms with Crippen LogP contribution in [-0.4, -0.2) is 45.8 Å². The maximum absolute atomic E-state index is 9.00. The standard InChI is InChI=1S/C9H14N2.3C2H4O2/c10-7-9(11)6-8-4-2-1-3-5-8;3*1-2(3)4/h1-5,9H,6-7,10-11H2;3*1H3,(H,3,4). The van der Waals surface area contributed by atoms with E-state index in [4.69, 9.17) is 41.2 Å². The fourth-order valence-electron chi connectivity index (χ4n) is 1.00. The molecule has 0 fully saturated rings. The number of benzene rings is 1. The van der Waals surface area contributed by atoms with Gasteiger partial charge in [-0.15, -0.1) is 0 Å². The number of carbonyl (C=O) groups is 3. The summed E-state index contributed by atoms with van der Waals surface area (Å²) in [6, 6.07) is 10.2. The molecule has 1 rings (SSSR count). The Hall–Kier alpha value is -2.45. The van der Waals surface area contributed by atoms with E-state index in [1.807, 2.05) is 18.2 Å². The zero-order chi connectivity index (χ0) is 18.8. The minimum absolute atomic E-state index is 0.0948. The molecule has 0 aromatic heterocycles. The van der Waals surface area contributed by atoms with E-state index < -0.39 is 17.9 Å². The van der Waals surface area contributed by atoms with Crippen molar-refractivity contribution in [2.24, 2.45) is 11.5 Å². The second-order valence-corrected chi connectivity index (χ2v) is 4.24. The van der Waals surface area contributed by atoms with Gasteiger partial charge in [0.15, 0.2) is 0 Å². The van der Waals surface area contributed by atoms with Crippen LogP contribution in [-0.2, 0) is 20.8 Å². The fourth-order valence-corrected chi connectivity index (χ4v) is 1.00. The minimum Gasteiger partial charge on any atom is -0.481 e. The van der Waals surface area contributed by atoms with E-state index in [1.54, 1.807) is 0 Å². The van der Waals surface area contributed by atoms with Crippen molar-refractivity contribution in [1.29, 1.82) is 0 Å². The average molecular weight is 330 g/mol. The lowest BCUT2D eigenvalue weighted by molar-refractivity contribution is -0.135. The molecule has 132 valence electrons. The second kappa shape index (κ2) is 17.6. The summed E-state index contributed by atoms with van der Waals surface area (Å²) >= 11 is 0. The summed E-state index contributed by atoms with van der Waals surface area (Å²) in [7, 11) is 0. The molecule has 0 amide bonds. The van der Waals surface area contributed by atoms with Crippen molar-refractivity contribution in [3.8, 4) is 0 Å². The molecule has 0 bridgehead atoms. The molecule has 0 radical (unpaired) electrons. The summed E-state index contributed by atoms with van der Waals surface area (Å²) in [6.45, 7) is 3.80. The maximum Gasteiger partial charge on any atom is 0.300 e. The molecule has 7 N–H and O–H groups in total. The van der Waals surface area contributed by atoms with Gasteiger partial charge >= 0.3 is 0 Å². The second-order valence-electron chi connectivity index (χ2n) is 4.24. The van der Waals surface area contributed by atoms with Crippen molar-refractivity contribution in [2.75, 3.05) is 6.54 Å². The number of nitrogens with two attached hydrogens (primary N) is 2. The average Bonchev–Trinajstić information content (AvgIpc) is 2.37. The lowest BCUT2D eigenvalue weighted by Gasteiger charge is -2.07. The van der Waals surface area contributed by atoms with Gasteiger partial charge in [-0.3, -0.25) is 14.4 Å². The molecule has 0 aliphatic heterocycles. The van der Waals surface area contributed by atoms with E-state index in [9.17, 15) is 0 Å². The van der Waals surface area contributed by atoms with Gasteiger partial charge in [0, 0.05) is 33.4 Å². The van der Waals surface area contributed by atoms with Crippen molar-refractivity contribution in [3.05, 3.63) is 35.9 Å². The van der Waals surface area contributed by atoms with Crippen LogP contribution in [0.4, 0.5) is 0 Å². The molecule has 0 saturated heterocycles.